The van der Waals surface area contributed by atoms with E-state index in [-0.39, 0.29) is 22.1 Å². The Morgan fingerprint density at radius 3 is 2.38 bits per heavy atom. The van der Waals surface area contributed by atoms with Gasteiger partial charge in [-0.3, -0.25) is 0 Å². The van der Waals surface area contributed by atoms with Crippen LogP contribution in [-0.4, -0.2) is 39.9 Å². The van der Waals surface area contributed by atoms with Crippen LogP contribution in [-0.2, 0) is 21.4 Å². The predicted molar refractivity (Wildman–Crippen MR) is 112 cm³/mol. The van der Waals surface area contributed by atoms with Crippen LogP contribution in [0.1, 0.15) is 15.9 Å². The molecule has 152 valence electrons. The Bertz CT molecular complexity index is 1170. The molecule has 0 aromatic heterocycles. The van der Waals surface area contributed by atoms with Gasteiger partial charge in [-0.25, -0.2) is 17.5 Å². The van der Waals surface area contributed by atoms with Crippen molar-refractivity contribution in [3.05, 3.63) is 70.7 Å². The highest BCUT2D eigenvalue weighted by molar-refractivity contribution is 7.89. The van der Waals surface area contributed by atoms with E-state index in [1.165, 1.54) is 32.3 Å². The number of ether oxygens (including phenoxy) is 2. The first kappa shape index (κ1) is 21.1. The highest BCUT2D eigenvalue weighted by Crippen LogP contribution is 2.25. The number of halogens is 1. The van der Waals surface area contributed by atoms with Gasteiger partial charge in [0.25, 0.3) is 0 Å². The molecule has 29 heavy (non-hydrogen) atoms. The molecule has 0 saturated heterocycles. The number of methoxy groups -OCH3 is 1. The fraction of sp³-hybridized carbons (Fsp3) is 0.190. The molecule has 0 spiro atoms. The summed E-state index contributed by atoms with van der Waals surface area (Å²) in [6, 6.07) is 15.3. The second-order valence-electron chi connectivity index (χ2n) is 6.55. The lowest BCUT2D eigenvalue weighted by Crippen LogP contribution is -2.22. The van der Waals surface area contributed by atoms with Crippen molar-refractivity contribution < 1.29 is 22.7 Å². The Labute approximate surface area is 174 Å². The van der Waals surface area contributed by atoms with E-state index >= 15 is 0 Å². The van der Waals surface area contributed by atoms with E-state index in [1.54, 1.807) is 7.11 Å². The summed E-state index contributed by atoms with van der Waals surface area (Å²) >= 11 is 6.09. The van der Waals surface area contributed by atoms with Crippen LogP contribution in [0.25, 0.3) is 10.8 Å². The van der Waals surface area contributed by atoms with E-state index in [1.807, 2.05) is 36.4 Å². The maximum Gasteiger partial charge on any atom is 0.340 e. The molecular weight excluding hydrogens is 414 g/mol. The molecule has 8 heteroatoms. The van der Waals surface area contributed by atoms with Crippen molar-refractivity contribution in [3.63, 3.8) is 0 Å². The number of carbonyl (C=O) groups is 1. The summed E-state index contributed by atoms with van der Waals surface area (Å²) in [6.07, 6.45) is 0. The molecule has 6 nitrogen and oxygen atoms in total. The molecule has 0 unspecified atom stereocenters. The van der Waals surface area contributed by atoms with Crippen molar-refractivity contribution in [1.29, 1.82) is 0 Å². The molecule has 0 saturated carbocycles. The van der Waals surface area contributed by atoms with Gasteiger partial charge in [-0.05, 0) is 52.7 Å². The van der Waals surface area contributed by atoms with E-state index in [4.69, 9.17) is 21.1 Å². The summed E-state index contributed by atoms with van der Waals surface area (Å²) in [5, 5.41) is 2.11. The third-order valence-corrected chi connectivity index (χ3v) is 6.56. The molecule has 0 N–H and O–H groups in total. The van der Waals surface area contributed by atoms with Crippen LogP contribution in [0.3, 0.4) is 0 Å². The number of esters is 1. The Balaban J connectivity index is 1.79. The molecule has 0 aliphatic carbocycles. The second kappa shape index (κ2) is 8.41. The van der Waals surface area contributed by atoms with Crippen molar-refractivity contribution in [2.45, 2.75) is 11.5 Å². The van der Waals surface area contributed by atoms with Crippen LogP contribution in [0, 0.1) is 0 Å². The van der Waals surface area contributed by atoms with E-state index in [2.05, 4.69) is 0 Å². The molecule has 0 aliphatic heterocycles. The number of nitrogens with zero attached hydrogens (tertiary/aromatic N) is 1. The number of hydrogen-bond acceptors (Lipinski definition) is 5. The highest BCUT2D eigenvalue weighted by atomic mass is 35.5. The highest BCUT2D eigenvalue weighted by Gasteiger charge is 2.21. The lowest BCUT2D eigenvalue weighted by atomic mass is 10.1. The Hall–Kier alpha value is -2.61. The van der Waals surface area contributed by atoms with Crippen LogP contribution in [0.2, 0.25) is 5.02 Å². The van der Waals surface area contributed by atoms with Crippen LogP contribution in [0.15, 0.2) is 59.5 Å². The van der Waals surface area contributed by atoms with Gasteiger partial charge in [-0.1, -0.05) is 29.8 Å². The van der Waals surface area contributed by atoms with Gasteiger partial charge in [-0.2, -0.15) is 0 Å². The lowest BCUT2D eigenvalue weighted by Gasteiger charge is -2.13. The van der Waals surface area contributed by atoms with Crippen LogP contribution < -0.4 is 4.74 Å². The summed E-state index contributed by atoms with van der Waals surface area (Å²) in [5.41, 5.74) is 0.796. The monoisotopic (exact) mass is 433 g/mol. The normalized spacial score (nSPS) is 11.6. The minimum absolute atomic E-state index is 0.000109. The maximum absolute atomic E-state index is 12.5. The molecule has 0 fully saturated rings. The zero-order valence-corrected chi connectivity index (χ0v) is 17.8. The van der Waals surface area contributed by atoms with Gasteiger partial charge < -0.3 is 9.47 Å². The predicted octanol–water partition coefficient (Wildman–Crippen LogP) is 4.11. The number of benzene rings is 3. The summed E-state index contributed by atoms with van der Waals surface area (Å²) in [7, 11) is 0.748. The Morgan fingerprint density at radius 1 is 1.00 bits per heavy atom. The quantitative estimate of drug-likeness (QED) is 0.547. The van der Waals surface area contributed by atoms with Gasteiger partial charge in [0.15, 0.2) is 0 Å². The number of hydrogen-bond donors (Lipinski definition) is 0. The van der Waals surface area contributed by atoms with Crippen molar-refractivity contribution >= 4 is 38.4 Å². The molecular formula is C21H20ClNO5S. The summed E-state index contributed by atoms with van der Waals surface area (Å²) in [5.74, 6) is 0.0690. The Kier molecular flexibility index (Phi) is 6.12. The van der Waals surface area contributed by atoms with Crippen LogP contribution in [0.4, 0.5) is 0 Å². The maximum atomic E-state index is 12.5. The topological polar surface area (TPSA) is 72.9 Å². The summed E-state index contributed by atoms with van der Waals surface area (Å²) < 4.78 is 36.2. The van der Waals surface area contributed by atoms with E-state index in [0.717, 1.165) is 26.4 Å². The Morgan fingerprint density at radius 2 is 1.69 bits per heavy atom. The largest absolute Gasteiger partial charge is 0.497 e. The minimum Gasteiger partial charge on any atom is -0.497 e. The van der Waals surface area contributed by atoms with Crippen molar-refractivity contribution in [2.75, 3.05) is 21.2 Å². The zero-order chi connectivity index (χ0) is 21.2. The molecule has 0 heterocycles. The molecule has 0 aliphatic rings. The van der Waals surface area contributed by atoms with E-state index < -0.39 is 16.0 Å². The zero-order valence-electron chi connectivity index (χ0n) is 16.2. The first-order valence-electron chi connectivity index (χ1n) is 8.68. The van der Waals surface area contributed by atoms with Gasteiger partial charge >= 0.3 is 5.97 Å². The van der Waals surface area contributed by atoms with Gasteiger partial charge in [-0.15, -0.1) is 0 Å². The lowest BCUT2D eigenvalue weighted by molar-refractivity contribution is 0.0472. The van der Waals surface area contributed by atoms with Crippen molar-refractivity contribution in [3.8, 4) is 5.75 Å². The molecule has 3 aromatic rings. The molecule has 0 bridgehead atoms. The van der Waals surface area contributed by atoms with Gasteiger partial charge in [0.1, 0.15) is 12.4 Å². The second-order valence-corrected chi connectivity index (χ2v) is 9.11. The van der Waals surface area contributed by atoms with E-state index in [0.29, 0.717) is 0 Å². The molecule has 3 rings (SSSR count). The van der Waals surface area contributed by atoms with Gasteiger partial charge in [0, 0.05) is 14.1 Å². The van der Waals surface area contributed by atoms with Crippen molar-refractivity contribution in [1.82, 2.24) is 4.31 Å². The molecule has 0 atom stereocenters. The smallest absolute Gasteiger partial charge is 0.340 e. The average Bonchev–Trinajstić information content (AvgIpc) is 2.71. The third kappa shape index (κ3) is 4.53. The number of sulfonamides is 1. The molecule has 3 aromatic carbocycles. The summed E-state index contributed by atoms with van der Waals surface area (Å²) in [4.78, 5) is 12.5. The van der Waals surface area contributed by atoms with Crippen molar-refractivity contribution in [2.24, 2.45) is 0 Å². The number of carbonyl (C=O) groups excluding carboxylic acids is 1. The number of fused-ring (bicyclic) bond motifs is 1. The summed E-state index contributed by atoms with van der Waals surface area (Å²) in [6.45, 7) is 0.0296. The fourth-order valence-electron chi connectivity index (χ4n) is 2.75. The average molecular weight is 434 g/mol. The number of rotatable bonds is 6. The SMILES string of the molecule is COc1ccc2cc(COC(=O)c3cc(S(=O)(=O)N(C)C)ccc3Cl)ccc2c1. The van der Waals surface area contributed by atoms with E-state index in [9.17, 15) is 13.2 Å². The minimum atomic E-state index is -3.69. The fourth-order valence-corrected chi connectivity index (χ4v) is 3.87. The van der Waals surface area contributed by atoms with Crippen LogP contribution >= 0.6 is 11.6 Å². The standard InChI is InChI=1S/C21H20ClNO5S/c1-23(2)29(25,26)18-8-9-20(22)19(12-18)21(24)28-13-14-4-5-16-11-17(27-3)7-6-15(16)10-14/h4-12H,13H2,1-3H3. The van der Waals surface area contributed by atoms with Gasteiger partial charge in [0.05, 0.1) is 22.6 Å². The molecule has 0 radical (unpaired) electrons. The first-order chi connectivity index (χ1) is 13.7. The third-order valence-electron chi connectivity index (χ3n) is 4.42. The molecule has 0 amide bonds. The van der Waals surface area contributed by atoms with Gasteiger partial charge in [0.2, 0.25) is 10.0 Å². The van der Waals surface area contributed by atoms with Crippen LogP contribution in [0.5, 0.6) is 5.75 Å². The first-order valence-corrected chi connectivity index (χ1v) is 10.5.